The second-order valence-electron chi connectivity index (χ2n) is 6.49. The third-order valence-corrected chi connectivity index (χ3v) is 4.79. The Morgan fingerprint density at radius 1 is 1.16 bits per heavy atom. The van der Waals surface area contributed by atoms with Crippen LogP contribution in [0.5, 0.6) is 0 Å². The lowest BCUT2D eigenvalue weighted by Gasteiger charge is -2.05. The van der Waals surface area contributed by atoms with Gasteiger partial charge in [0.15, 0.2) is 0 Å². The van der Waals surface area contributed by atoms with Crippen LogP contribution in [0.2, 0.25) is 0 Å². The molecule has 0 saturated heterocycles. The molecular weight excluding hydrogens is 312 g/mol. The number of carbonyl (C=O) groups is 1. The summed E-state index contributed by atoms with van der Waals surface area (Å²) in [6, 6.07) is 13.6. The first-order valence-electron chi connectivity index (χ1n) is 8.50. The van der Waals surface area contributed by atoms with Crippen LogP contribution in [-0.4, -0.2) is 5.91 Å². The van der Waals surface area contributed by atoms with E-state index in [1.54, 1.807) is 18.4 Å². The van der Waals surface area contributed by atoms with Gasteiger partial charge < -0.3 is 9.73 Å². The van der Waals surface area contributed by atoms with Crippen LogP contribution in [0.25, 0.3) is 11.0 Å². The molecule has 0 unspecified atom stereocenters. The Morgan fingerprint density at radius 2 is 1.92 bits per heavy atom. The van der Waals surface area contributed by atoms with Gasteiger partial charge >= 0.3 is 0 Å². The van der Waals surface area contributed by atoms with Crippen LogP contribution in [-0.2, 0) is 30.6 Å². The Bertz CT molecular complexity index is 978. The molecule has 0 radical (unpaired) electrons. The Kier molecular flexibility index (Phi) is 3.99. The van der Waals surface area contributed by atoms with Crippen molar-refractivity contribution in [2.75, 3.05) is 0 Å². The van der Waals surface area contributed by atoms with E-state index in [1.807, 2.05) is 12.1 Å². The zero-order valence-electron chi connectivity index (χ0n) is 13.8. The molecule has 0 atom stereocenters. The van der Waals surface area contributed by atoms with Gasteiger partial charge in [-0.1, -0.05) is 12.1 Å². The van der Waals surface area contributed by atoms with Gasteiger partial charge in [0.1, 0.15) is 5.58 Å². The topological polar surface area (TPSA) is 66.0 Å². The van der Waals surface area contributed by atoms with Crippen molar-refractivity contribution in [3.63, 3.8) is 0 Å². The van der Waals surface area contributed by atoms with Crippen molar-refractivity contribution in [3.05, 3.63) is 70.5 Å². The Morgan fingerprint density at radius 3 is 2.68 bits per heavy atom. The molecule has 1 heterocycles. The number of carbonyl (C=O) groups excluding carboxylic acids is 1. The third-order valence-electron chi connectivity index (χ3n) is 4.79. The minimum absolute atomic E-state index is 0.0347. The second-order valence-corrected chi connectivity index (χ2v) is 6.49. The van der Waals surface area contributed by atoms with E-state index in [2.05, 4.69) is 23.5 Å². The molecule has 1 N–H and O–H groups in total. The van der Waals surface area contributed by atoms with Crippen LogP contribution in [0.1, 0.15) is 34.2 Å². The molecule has 4 rings (SSSR count). The lowest BCUT2D eigenvalue weighted by atomic mass is 10.0. The number of furan rings is 1. The molecule has 3 aromatic rings. The Labute approximate surface area is 146 Å². The molecule has 0 aliphatic heterocycles. The molecule has 124 valence electrons. The number of amides is 1. The van der Waals surface area contributed by atoms with E-state index in [-0.39, 0.29) is 5.91 Å². The monoisotopic (exact) mass is 330 g/mol. The van der Waals surface area contributed by atoms with Gasteiger partial charge in [-0.2, -0.15) is 5.26 Å². The number of fused-ring (bicyclic) bond motifs is 2. The number of nitrogens with zero attached hydrogens (tertiary/aromatic N) is 1. The van der Waals surface area contributed by atoms with Crippen LogP contribution >= 0.6 is 0 Å². The SMILES string of the molecule is N#Cc1ccc(CNC(=O)Cc2coc3cc4c(cc23)CCC4)cc1. The van der Waals surface area contributed by atoms with Crippen molar-refractivity contribution >= 4 is 16.9 Å². The lowest BCUT2D eigenvalue weighted by Crippen LogP contribution is -2.24. The number of nitriles is 1. The van der Waals surface area contributed by atoms with Gasteiger partial charge in [-0.3, -0.25) is 4.79 Å². The van der Waals surface area contributed by atoms with Gasteiger partial charge in [0.2, 0.25) is 5.91 Å². The normalized spacial score (nSPS) is 12.8. The summed E-state index contributed by atoms with van der Waals surface area (Å²) in [7, 11) is 0. The standard InChI is InChI=1S/C21H18N2O2/c22-11-14-4-6-15(7-5-14)12-23-21(24)10-18-13-25-20-9-17-3-1-2-16(17)8-19(18)20/h4-9,13H,1-3,10,12H2,(H,23,24). The summed E-state index contributed by atoms with van der Waals surface area (Å²) in [6.45, 7) is 0.454. The van der Waals surface area contributed by atoms with Crippen LogP contribution in [0.4, 0.5) is 0 Å². The molecule has 0 fully saturated rings. The van der Waals surface area contributed by atoms with E-state index in [9.17, 15) is 4.79 Å². The highest BCUT2D eigenvalue weighted by atomic mass is 16.3. The van der Waals surface area contributed by atoms with Crippen molar-refractivity contribution in [2.45, 2.75) is 32.2 Å². The number of hydrogen-bond donors (Lipinski definition) is 1. The number of benzene rings is 2. The predicted molar refractivity (Wildman–Crippen MR) is 94.9 cm³/mol. The second kappa shape index (κ2) is 6.45. The molecule has 0 bridgehead atoms. The van der Waals surface area contributed by atoms with E-state index in [0.29, 0.717) is 18.5 Å². The molecule has 1 amide bonds. The Hall–Kier alpha value is -3.06. The molecular formula is C21H18N2O2. The minimum atomic E-state index is -0.0347. The maximum absolute atomic E-state index is 12.3. The van der Waals surface area contributed by atoms with Gasteiger partial charge in [0.25, 0.3) is 0 Å². The molecule has 0 saturated carbocycles. The summed E-state index contributed by atoms with van der Waals surface area (Å²) in [5, 5.41) is 12.8. The van der Waals surface area contributed by atoms with Crippen molar-refractivity contribution < 1.29 is 9.21 Å². The van der Waals surface area contributed by atoms with Crippen molar-refractivity contribution in [1.82, 2.24) is 5.32 Å². The summed E-state index contributed by atoms with van der Waals surface area (Å²) in [6.07, 6.45) is 5.43. The van der Waals surface area contributed by atoms with E-state index < -0.39 is 0 Å². The maximum Gasteiger partial charge on any atom is 0.224 e. The quantitative estimate of drug-likeness (QED) is 0.794. The zero-order chi connectivity index (χ0) is 17.2. The average Bonchev–Trinajstić information content (AvgIpc) is 3.25. The summed E-state index contributed by atoms with van der Waals surface area (Å²) in [4.78, 5) is 12.3. The minimum Gasteiger partial charge on any atom is -0.464 e. The molecule has 1 aliphatic rings. The molecule has 1 aliphatic carbocycles. The smallest absolute Gasteiger partial charge is 0.224 e. The molecule has 25 heavy (non-hydrogen) atoms. The van der Waals surface area contributed by atoms with Crippen LogP contribution < -0.4 is 5.32 Å². The van der Waals surface area contributed by atoms with Gasteiger partial charge in [-0.05, 0) is 60.2 Å². The Balaban J connectivity index is 1.44. The molecule has 4 nitrogen and oxygen atoms in total. The molecule has 1 aromatic heterocycles. The largest absolute Gasteiger partial charge is 0.464 e. The van der Waals surface area contributed by atoms with E-state index in [0.717, 1.165) is 34.9 Å². The maximum atomic E-state index is 12.3. The summed E-state index contributed by atoms with van der Waals surface area (Å²) < 4.78 is 5.65. The van der Waals surface area contributed by atoms with Crippen LogP contribution in [0.3, 0.4) is 0 Å². The van der Waals surface area contributed by atoms with Gasteiger partial charge in [-0.15, -0.1) is 0 Å². The van der Waals surface area contributed by atoms with Crippen LogP contribution in [0.15, 0.2) is 47.1 Å². The fourth-order valence-corrected chi connectivity index (χ4v) is 3.42. The van der Waals surface area contributed by atoms with Gasteiger partial charge in [0, 0.05) is 17.5 Å². The van der Waals surface area contributed by atoms with Gasteiger partial charge in [0.05, 0.1) is 24.3 Å². The number of rotatable bonds is 4. The third kappa shape index (κ3) is 3.14. The highest BCUT2D eigenvalue weighted by Gasteiger charge is 2.16. The van der Waals surface area contributed by atoms with Crippen molar-refractivity contribution in [3.8, 4) is 6.07 Å². The first-order chi connectivity index (χ1) is 12.2. The highest BCUT2D eigenvalue weighted by Crippen LogP contribution is 2.30. The summed E-state index contributed by atoms with van der Waals surface area (Å²) in [5.74, 6) is -0.0347. The van der Waals surface area contributed by atoms with E-state index in [4.69, 9.17) is 9.68 Å². The predicted octanol–water partition coefficient (Wildman–Crippen LogP) is 3.65. The van der Waals surface area contributed by atoms with Gasteiger partial charge in [-0.25, -0.2) is 0 Å². The first-order valence-corrected chi connectivity index (χ1v) is 8.50. The van der Waals surface area contributed by atoms with E-state index in [1.165, 1.54) is 17.5 Å². The van der Waals surface area contributed by atoms with E-state index >= 15 is 0 Å². The lowest BCUT2D eigenvalue weighted by molar-refractivity contribution is -0.120. The number of hydrogen-bond acceptors (Lipinski definition) is 3. The first kappa shape index (κ1) is 15.5. The molecule has 2 aromatic carbocycles. The average molecular weight is 330 g/mol. The van der Waals surface area contributed by atoms with Crippen molar-refractivity contribution in [2.24, 2.45) is 0 Å². The molecule has 4 heteroatoms. The van der Waals surface area contributed by atoms with Crippen molar-refractivity contribution in [1.29, 1.82) is 5.26 Å². The zero-order valence-corrected chi connectivity index (χ0v) is 13.8. The summed E-state index contributed by atoms with van der Waals surface area (Å²) >= 11 is 0. The molecule has 0 spiro atoms. The number of nitrogens with one attached hydrogen (secondary N) is 1. The number of aryl methyl sites for hydroxylation is 2. The van der Waals surface area contributed by atoms with Crippen LogP contribution in [0, 0.1) is 11.3 Å². The summed E-state index contributed by atoms with van der Waals surface area (Å²) in [5.41, 5.74) is 6.15. The highest BCUT2D eigenvalue weighted by molar-refractivity contribution is 5.88. The fraction of sp³-hybridized carbons (Fsp3) is 0.238. The fourth-order valence-electron chi connectivity index (χ4n) is 3.42.